The number of methoxy groups -OCH3 is 1. The fraction of sp³-hybridized carbons (Fsp3) is 0.545. The van der Waals surface area contributed by atoms with Crippen LogP contribution in [0.2, 0.25) is 0 Å². The normalized spacial score (nSPS) is 14.4. The number of ether oxygens (including phenoxy) is 2. The number of unbranched alkanes of at least 4 members (excludes halogenated alkanes) is 1. The molecule has 1 aliphatic rings. The molecule has 1 fully saturated rings. The maximum absolute atomic E-state index is 12.3. The van der Waals surface area contributed by atoms with Gasteiger partial charge in [0.15, 0.2) is 0 Å². The van der Waals surface area contributed by atoms with Gasteiger partial charge in [0.2, 0.25) is 0 Å². The van der Waals surface area contributed by atoms with Gasteiger partial charge in [-0.15, -0.1) is 0 Å². The number of hydrogen-bond acceptors (Lipinski definition) is 6. The highest BCUT2D eigenvalue weighted by molar-refractivity contribution is 5.97. The zero-order valence-electron chi connectivity index (χ0n) is 17.5. The van der Waals surface area contributed by atoms with Crippen molar-refractivity contribution >= 4 is 11.6 Å². The number of hydrogen-bond donors (Lipinski definition) is 1. The number of nitrogens with zero attached hydrogens (tertiary/aromatic N) is 3. The SMILES string of the molecule is CCCCOCCCNC(=O)/C(C#N)=C\N1CCN(c2ccccc2OC)CC1. The molecule has 1 N–H and O–H groups in total. The molecular formula is C22H32N4O3. The predicted octanol–water partition coefficient (Wildman–Crippen LogP) is 2.55. The Bertz CT molecular complexity index is 706. The van der Waals surface area contributed by atoms with E-state index in [1.807, 2.05) is 35.2 Å². The minimum atomic E-state index is -0.326. The number of nitrogens with one attached hydrogen (secondary N) is 1. The van der Waals surface area contributed by atoms with Crippen LogP contribution in [0.3, 0.4) is 0 Å². The zero-order valence-corrected chi connectivity index (χ0v) is 17.5. The predicted molar refractivity (Wildman–Crippen MR) is 114 cm³/mol. The van der Waals surface area contributed by atoms with Gasteiger partial charge in [-0.2, -0.15) is 5.26 Å². The van der Waals surface area contributed by atoms with Crippen LogP contribution >= 0.6 is 0 Å². The molecule has 0 atom stereocenters. The first-order valence-corrected chi connectivity index (χ1v) is 10.3. The van der Waals surface area contributed by atoms with Crippen LogP contribution in [0.15, 0.2) is 36.0 Å². The summed E-state index contributed by atoms with van der Waals surface area (Å²) < 4.78 is 10.9. The summed E-state index contributed by atoms with van der Waals surface area (Å²) in [6, 6.07) is 9.97. The van der Waals surface area contributed by atoms with Gasteiger partial charge >= 0.3 is 0 Å². The van der Waals surface area contributed by atoms with Gasteiger partial charge in [0, 0.05) is 52.1 Å². The van der Waals surface area contributed by atoms with Gasteiger partial charge in [0.1, 0.15) is 17.4 Å². The summed E-state index contributed by atoms with van der Waals surface area (Å²) in [6.07, 6.45) is 4.58. The Morgan fingerprint density at radius 1 is 1.21 bits per heavy atom. The lowest BCUT2D eigenvalue weighted by atomic mass is 10.2. The van der Waals surface area contributed by atoms with E-state index in [0.29, 0.717) is 13.2 Å². The molecule has 1 heterocycles. The fourth-order valence-corrected chi connectivity index (χ4v) is 3.12. The fourth-order valence-electron chi connectivity index (χ4n) is 3.12. The average Bonchev–Trinajstić information content (AvgIpc) is 2.77. The number of carbonyl (C=O) groups excluding carboxylic acids is 1. The molecule has 0 spiro atoms. The third-order valence-electron chi connectivity index (χ3n) is 4.81. The second-order valence-corrected chi connectivity index (χ2v) is 6.92. The standard InChI is InChI=1S/C22H32N4O3/c1-3-4-15-29-16-7-10-24-22(27)19(17-23)18-25-11-13-26(14-12-25)20-8-5-6-9-21(20)28-2/h5-6,8-9,18H,3-4,7,10-16H2,1-2H3,(H,24,27)/b19-18-. The minimum absolute atomic E-state index is 0.141. The van der Waals surface area contributed by atoms with Crippen LogP contribution in [0.4, 0.5) is 5.69 Å². The van der Waals surface area contributed by atoms with E-state index in [4.69, 9.17) is 9.47 Å². The highest BCUT2D eigenvalue weighted by Gasteiger charge is 2.19. The molecule has 29 heavy (non-hydrogen) atoms. The van der Waals surface area contributed by atoms with Crippen LogP contribution < -0.4 is 15.0 Å². The van der Waals surface area contributed by atoms with Crippen molar-refractivity contribution in [2.75, 3.05) is 57.9 Å². The van der Waals surface area contributed by atoms with E-state index in [1.54, 1.807) is 13.3 Å². The molecule has 1 amide bonds. The topological polar surface area (TPSA) is 77.8 Å². The number of nitriles is 1. The van der Waals surface area contributed by atoms with E-state index >= 15 is 0 Å². The van der Waals surface area contributed by atoms with Gasteiger partial charge in [-0.1, -0.05) is 25.5 Å². The maximum atomic E-state index is 12.3. The summed E-state index contributed by atoms with van der Waals surface area (Å²) in [4.78, 5) is 16.5. The largest absolute Gasteiger partial charge is 0.495 e. The molecule has 7 heteroatoms. The highest BCUT2D eigenvalue weighted by atomic mass is 16.5. The summed E-state index contributed by atoms with van der Waals surface area (Å²) in [5, 5.41) is 12.2. The number of rotatable bonds is 11. The van der Waals surface area contributed by atoms with Crippen molar-refractivity contribution in [3.63, 3.8) is 0 Å². The Hall–Kier alpha value is -2.72. The Morgan fingerprint density at radius 2 is 1.93 bits per heavy atom. The molecule has 0 aliphatic carbocycles. The first-order chi connectivity index (χ1) is 14.2. The Morgan fingerprint density at radius 3 is 2.62 bits per heavy atom. The molecule has 0 saturated carbocycles. The molecule has 1 aliphatic heterocycles. The van der Waals surface area contributed by atoms with Crippen LogP contribution in [0, 0.1) is 11.3 Å². The van der Waals surface area contributed by atoms with Gasteiger partial charge in [0.05, 0.1) is 12.8 Å². The average molecular weight is 401 g/mol. The Kier molecular flexibility index (Phi) is 9.87. The van der Waals surface area contributed by atoms with Crippen LogP contribution in [0.5, 0.6) is 5.75 Å². The van der Waals surface area contributed by atoms with Crippen LogP contribution in [0.25, 0.3) is 0 Å². The number of carbonyl (C=O) groups is 1. The van der Waals surface area contributed by atoms with E-state index in [-0.39, 0.29) is 11.5 Å². The Labute approximate surface area is 173 Å². The lowest BCUT2D eigenvalue weighted by Gasteiger charge is -2.36. The molecule has 1 aromatic rings. The van der Waals surface area contributed by atoms with Crippen molar-refractivity contribution < 1.29 is 14.3 Å². The molecule has 1 saturated heterocycles. The van der Waals surface area contributed by atoms with Gasteiger partial charge in [-0.3, -0.25) is 4.79 Å². The number of piperazine rings is 1. The molecule has 0 radical (unpaired) electrons. The summed E-state index contributed by atoms with van der Waals surface area (Å²) in [6.45, 7) is 7.08. The van der Waals surface area contributed by atoms with E-state index in [2.05, 4.69) is 17.1 Å². The van der Waals surface area contributed by atoms with E-state index < -0.39 is 0 Å². The molecule has 158 valence electrons. The van der Waals surface area contributed by atoms with E-state index in [9.17, 15) is 10.1 Å². The van der Waals surface area contributed by atoms with E-state index in [1.165, 1.54) is 0 Å². The molecular weight excluding hydrogens is 368 g/mol. The number of amides is 1. The number of para-hydroxylation sites is 2. The van der Waals surface area contributed by atoms with Crippen molar-refractivity contribution in [2.24, 2.45) is 0 Å². The first-order valence-electron chi connectivity index (χ1n) is 10.3. The molecule has 2 rings (SSSR count). The first kappa shape index (κ1) is 22.6. The van der Waals surface area contributed by atoms with Gasteiger partial charge in [-0.25, -0.2) is 0 Å². The van der Waals surface area contributed by atoms with Crippen molar-refractivity contribution in [3.05, 3.63) is 36.0 Å². The van der Waals surface area contributed by atoms with Crippen LogP contribution in [-0.2, 0) is 9.53 Å². The van der Waals surface area contributed by atoms with Crippen molar-refractivity contribution in [2.45, 2.75) is 26.2 Å². The van der Waals surface area contributed by atoms with Gasteiger partial charge in [-0.05, 0) is 25.0 Å². The van der Waals surface area contributed by atoms with Crippen molar-refractivity contribution in [1.29, 1.82) is 5.26 Å². The highest BCUT2D eigenvalue weighted by Crippen LogP contribution is 2.28. The van der Waals surface area contributed by atoms with Crippen molar-refractivity contribution in [3.8, 4) is 11.8 Å². The van der Waals surface area contributed by atoms with Crippen LogP contribution in [0.1, 0.15) is 26.2 Å². The smallest absolute Gasteiger partial charge is 0.263 e. The number of anilines is 1. The summed E-state index contributed by atoms with van der Waals surface area (Å²) in [5.74, 6) is 0.528. The van der Waals surface area contributed by atoms with Crippen molar-refractivity contribution in [1.82, 2.24) is 10.2 Å². The molecule has 0 bridgehead atoms. The summed E-state index contributed by atoms with van der Waals surface area (Å²) in [7, 11) is 1.67. The molecule has 1 aromatic carbocycles. The van der Waals surface area contributed by atoms with Gasteiger partial charge < -0.3 is 24.6 Å². The maximum Gasteiger partial charge on any atom is 0.263 e. The molecule has 0 aromatic heterocycles. The zero-order chi connectivity index (χ0) is 20.9. The molecule has 7 nitrogen and oxygen atoms in total. The van der Waals surface area contributed by atoms with Gasteiger partial charge in [0.25, 0.3) is 5.91 Å². The second kappa shape index (κ2) is 12.7. The third kappa shape index (κ3) is 7.31. The molecule has 0 unspecified atom stereocenters. The van der Waals surface area contributed by atoms with E-state index in [0.717, 1.165) is 63.5 Å². The number of benzene rings is 1. The third-order valence-corrected chi connectivity index (χ3v) is 4.81. The minimum Gasteiger partial charge on any atom is -0.495 e. The summed E-state index contributed by atoms with van der Waals surface area (Å²) >= 11 is 0. The Balaban J connectivity index is 1.78. The summed E-state index contributed by atoms with van der Waals surface area (Å²) in [5.41, 5.74) is 1.21. The quantitative estimate of drug-likeness (QED) is 0.349. The lowest BCUT2D eigenvalue weighted by Crippen LogP contribution is -2.44. The van der Waals surface area contributed by atoms with Crippen LogP contribution in [-0.4, -0.2) is 63.9 Å². The lowest BCUT2D eigenvalue weighted by molar-refractivity contribution is -0.117. The second-order valence-electron chi connectivity index (χ2n) is 6.92. The monoisotopic (exact) mass is 400 g/mol.